The number of anilines is 1. The highest BCUT2D eigenvalue weighted by molar-refractivity contribution is 5.97. The molecule has 2 aromatic heterocycles. The van der Waals surface area contributed by atoms with E-state index in [1.54, 1.807) is 37.6 Å². The lowest BCUT2D eigenvalue weighted by Gasteiger charge is -2.15. The van der Waals surface area contributed by atoms with Gasteiger partial charge in [-0.3, -0.25) is 4.98 Å². The highest BCUT2D eigenvalue weighted by Gasteiger charge is 2.18. The molecule has 4 rings (SSSR count). The van der Waals surface area contributed by atoms with Gasteiger partial charge < -0.3 is 10.1 Å². The molecule has 2 aromatic carbocycles. The number of pyridine rings is 1. The fourth-order valence-corrected chi connectivity index (χ4v) is 3.33. The molecule has 4 aromatic rings. The number of aromatic nitrogens is 3. The smallest absolute Gasteiger partial charge is 0.166 e. The van der Waals surface area contributed by atoms with Gasteiger partial charge in [-0.1, -0.05) is 25.5 Å². The van der Waals surface area contributed by atoms with E-state index >= 15 is 0 Å². The van der Waals surface area contributed by atoms with Crippen LogP contribution in [-0.2, 0) is 0 Å². The zero-order valence-electron chi connectivity index (χ0n) is 17.3. The standard InChI is InChI=1S/C24H22F2N4O/c1-3-4-11-31-20-13-16(17-8-5-9-19(25)21(17)26)12-18-22(20)29-23(30-24(18)27-2)15-7-6-10-28-14-15/h5-10,12-14H,3-4,11H2,1-2H3,(H,27,29,30). The maximum absolute atomic E-state index is 14.5. The van der Waals surface area contributed by atoms with Crippen LogP contribution in [0.2, 0.25) is 0 Å². The Balaban J connectivity index is 1.95. The van der Waals surface area contributed by atoms with Crippen molar-refractivity contribution < 1.29 is 13.5 Å². The van der Waals surface area contributed by atoms with Gasteiger partial charge in [0.2, 0.25) is 0 Å². The lowest BCUT2D eigenvalue weighted by molar-refractivity contribution is 0.312. The number of ether oxygens (including phenoxy) is 1. The van der Waals surface area contributed by atoms with Crippen molar-refractivity contribution in [2.24, 2.45) is 0 Å². The van der Waals surface area contributed by atoms with Crippen molar-refractivity contribution in [1.82, 2.24) is 15.0 Å². The highest BCUT2D eigenvalue weighted by Crippen LogP contribution is 2.37. The summed E-state index contributed by atoms with van der Waals surface area (Å²) in [6.45, 7) is 2.56. The van der Waals surface area contributed by atoms with E-state index < -0.39 is 11.6 Å². The molecule has 0 aliphatic heterocycles. The third kappa shape index (κ3) is 4.17. The van der Waals surface area contributed by atoms with E-state index in [1.807, 2.05) is 12.1 Å². The normalized spacial score (nSPS) is 11.0. The van der Waals surface area contributed by atoms with Crippen molar-refractivity contribution in [3.63, 3.8) is 0 Å². The summed E-state index contributed by atoms with van der Waals surface area (Å²) in [5, 5.41) is 3.74. The highest BCUT2D eigenvalue weighted by atomic mass is 19.2. The van der Waals surface area contributed by atoms with Gasteiger partial charge in [0, 0.05) is 36.0 Å². The topological polar surface area (TPSA) is 59.9 Å². The number of fused-ring (bicyclic) bond motifs is 1. The average molecular weight is 420 g/mol. The van der Waals surface area contributed by atoms with Crippen molar-refractivity contribution in [2.45, 2.75) is 19.8 Å². The van der Waals surface area contributed by atoms with Gasteiger partial charge in [0.05, 0.1) is 6.61 Å². The van der Waals surface area contributed by atoms with Gasteiger partial charge >= 0.3 is 0 Å². The van der Waals surface area contributed by atoms with Crippen LogP contribution in [0.5, 0.6) is 5.75 Å². The number of nitrogens with one attached hydrogen (secondary N) is 1. The molecule has 0 aliphatic carbocycles. The molecule has 0 bridgehead atoms. The lowest BCUT2D eigenvalue weighted by atomic mass is 10.0. The minimum absolute atomic E-state index is 0.153. The third-order valence-corrected chi connectivity index (χ3v) is 4.94. The van der Waals surface area contributed by atoms with Gasteiger partial charge in [-0.25, -0.2) is 18.7 Å². The Morgan fingerprint density at radius 1 is 1.03 bits per heavy atom. The molecule has 31 heavy (non-hydrogen) atoms. The van der Waals surface area contributed by atoms with Crippen LogP contribution in [0.1, 0.15) is 19.8 Å². The minimum Gasteiger partial charge on any atom is -0.491 e. The summed E-state index contributed by atoms with van der Waals surface area (Å²) in [6, 6.07) is 11.3. The zero-order valence-corrected chi connectivity index (χ0v) is 17.3. The second kappa shape index (κ2) is 9.04. The molecule has 158 valence electrons. The quantitative estimate of drug-likeness (QED) is 0.380. The van der Waals surface area contributed by atoms with Crippen molar-refractivity contribution in [1.29, 1.82) is 0 Å². The van der Waals surface area contributed by atoms with Crippen molar-refractivity contribution in [3.05, 3.63) is 66.5 Å². The monoisotopic (exact) mass is 420 g/mol. The number of hydrogen-bond donors (Lipinski definition) is 1. The van der Waals surface area contributed by atoms with E-state index in [0.717, 1.165) is 24.5 Å². The summed E-state index contributed by atoms with van der Waals surface area (Å²) in [7, 11) is 1.75. The Morgan fingerprint density at radius 2 is 1.90 bits per heavy atom. The van der Waals surface area contributed by atoms with E-state index in [1.165, 1.54) is 6.07 Å². The van der Waals surface area contributed by atoms with Crippen LogP contribution in [0.25, 0.3) is 33.4 Å². The molecule has 0 unspecified atom stereocenters. The summed E-state index contributed by atoms with van der Waals surface area (Å²) < 4.78 is 34.4. The molecule has 0 amide bonds. The number of rotatable bonds is 7. The van der Waals surface area contributed by atoms with E-state index in [4.69, 9.17) is 9.72 Å². The van der Waals surface area contributed by atoms with Crippen LogP contribution in [0.3, 0.4) is 0 Å². The fourth-order valence-electron chi connectivity index (χ4n) is 3.33. The van der Waals surface area contributed by atoms with E-state index in [-0.39, 0.29) is 5.56 Å². The van der Waals surface area contributed by atoms with Gasteiger partial charge in [0.25, 0.3) is 0 Å². The van der Waals surface area contributed by atoms with Crippen LogP contribution in [-0.4, -0.2) is 28.6 Å². The Morgan fingerprint density at radius 3 is 2.65 bits per heavy atom. The second-order valence-corrected chi connectivity index (χ2v) is 7.06. The molecule has 0 atom stereocenters. The maximum atomic E-state index is 14.5. The van der Waals surface area contributed by atoms with Crippen LogP contribution in [0.4, 0.5) is 14.6 Å². The summed E-state index contributed by atoms with van der Waals surface area (Å²) in [4.78, 5) is 13.5. The number of unbranched alkanes of at least 4 members (excludes halogenated alkanes) is 1. The first-order valence-corrected chi connectivity index (χ1v) is 10.1. The number of halogens is 2. The zero-order chi connectivity index (χ0) is 21.8. The Kier molecular flexibility index (Phi) is 6.02. The van der Waals surface area contributed by atoms with Gasteiger partial charge in [-0.15, -0.1) is 0 Å². The number of hydrogen-bond acceptors (Lipinski definition) is 5. The predicted molar refractivity (Wildman–Crippen MR) is 118 cm³/mol. The van der Waals surface area contributed by atoms with E-state index in [9.17, 15) is 8.78 Å². The summed E-state index contributed by atoms with van der Waals surface area (Å²) in [5.74, 6) is -0.255. The molecule has 1 N–H and O–H groups in total. The molecule has 0 aliphatic rings. The maximum Gasteiger partial charge on any atom is 0.166 e. The predicted octanol–water partition coefficient (Wildman–Crippen LogP) is 5.86. The number of benzene rings is 2. The number of nitrogens with zero attached hydrogens (tertiary/aromatic N) is 3. The van der Waals surface area contributed by atoms with Crippen molar-refractivity contribution in [2.75, 3.05) is 19.0 Å². The Bertz CT molecular complexity index is 1220. The average Bonchev–Trinajstić information content (AvgIpc) is 2.80. The molecule has 0 saturated heterocycles. The molecule has 7 heteroatoms. The fraction of sp³-hybridized carbons (Fsp3) is 0.208. The van der Waals surface area contributed by atoms with Crippen LogP contribution in [0.15, 0.2) is 54.9 Å². The molecule has 2 heterocycles. The molecule has 0 spiro atoms. The van der Waals surface area contributed by atoms with Gasteiger partial charge in [0.1, 0.15) is 17.1 Å². The molecule has 0 saturated carbocycles. The van der Waals surface area contributed by atoms with E-state index in [2.05, 4.69) is 22.2 Å². The Hall–Kier alpha value is -3.61. The van der Waals surface area contributed by atoms with Crippen LogP contribution < -0.4 is 10.1 Å². The summed E-state index contributed by atoms with van der Waals surface area (Å²) in [6.07, 6.45) is 5.20. The largest absolute Gasteiger partial charge is 0.491 e. The van der Waals surface area contributed by atoms with Gasteiger partial charge in [-0.2, -0.15) is 0 Å². The molecular weight excluding hydrogens is 398 g/mol. The summed E-state index contributed by atoms with van der Waals surface area (Å²) in [5.41, 5.74) is 2.00. The molecule has 0 fully saturated rings. The molecule has 0 radical (unpaired) electrons. The Labute approximate surface area is 179 Å². The molecule has 5 nitrogen and oxygen atoms in total. The first kappa shape index (κ1) is 20.7. The second-order valence-electron chi connectivity index (χ2n) is 7.06. The first-order chi connectivity index (χ1) is 15.1. The SMILES string of the molecule is CCCCOc1cc(-c2cccc(F)c2F)cc2c(NC)nc(-c3cccnc3)nc12. The lowest BCUT2D eigenvalue weighted by Crippen LogP contribution is -2.03. The van der Waals surface area contributed by atoms with E-state index in [0.29, 0.717) is 40.5 Å². The first-order valence-electron chi connectivity index (χ1n) is 10.1. The van der Waals surface area contributed by atoms with Crippen molar-refractivity contribution >= 4 is 16.7 Å². The van der Waals surface area contributed by atoms with Gasteiger partial charge in [0.15, 0.2) is 17.5 Å². The van der Waals surface area contributed by atoms with Crippen molar-refractivity contribution in [3.8, 4) is 28.3 Å². The molecular formula is C24H22F2N4O. The van der Waals surface area contributed by atoms with Crippen LogP contribution >= 0.6 is 0 Å². The third-order valence-electron chi connectivity index (χ3n) is 4.94. The van der Waals surface area contributed by atoms with Gasteiger partial charge in [-0.05, 0) is 42.3 Å². The summed E-state index contributed by atoms with van der Waals surface area (Å²) >= 11 is 0. The minimum atomic E-state index is -0.903. The van der Waals surface area contributed by atoms with Crippen LogP contribution in [0, 0.1) is 11.6 Å².